The Kier molecular flexibility index (Phi) is 4.46. The lowest BCUT2D eigenvalue weighted by molar-refractivity contribution is -0.143. The average molecular weight is 175 g/mol. The fraction of sp³-hybridized carbons (Fsp3) is 0.714. The van der Waals surface area contributed by atoms with Crippen LogP contribution in [0.15, 0.2) is 0 Å². The highest BCUT2D eigenvalue weighted by atomic mass is 16.4. The van der Waals surface area contributed by atoms with E-state index in [0.29, 0.717) is 6.29 Å². The van der Waals surface area contributed by atoms with E-state index >= 15 is 0 Å². The minimum Gasteiger partial charge on any atom is -0.480 e. The Morgan fingerprint density at radius 1 is 1.58 bits per heavy atom. The molecule has 5 nitrogen and oxygen atoms in total. The number of aliphatic carboxylic acids is 1. The van der Waals surface area contributed by atoms with Gasteiger partial charge in [-0.3, -0.25) is 9.69 Å². The van der Waals surface area contributed by atoms with Gasteiger partial charge in [0, 0.05) is 6.42 Å². The number of carboxylic acid groups (broad SMARTS) is 1. The Labute approximate surface area is 70.6 Å². The summed E-state index contributed by atoms with van der Waals surface area (Å²) in [5.74, 6) is -1.04. The summed E-state index contributed by atoms with van der Waals surface area (Å²) in [5.41, 5.74) is 0. The van der Waals surface area contributed by atoms with Gasteiger partial charge in [-0.1, -0.05) is 0 Å². The lowest BCUT2D eigenvalue weighted by Crippen LogP contribution is -2.38. The molecule has 0 aromatic heterocycles. The highest BCUT2D eigenvalue weighted by Gasteiger charge is 2.22. The number of likely N-dealkylation sites (N-methyl/N-ethyl adjacent to an activating group) is 1. The van der Waals surface area contributed by atoms with Crippen LogP contribution in [0.2, 0.25) is 0 Å². The summed E-state index contributed by atoms with van der Waals surface area (Å²) in [5, 5.41) is 17.5. The van der Waals surface area contributed by atoms with Gasteiger partial charge < -0.3 is 15.0 Å². The Bertz CT molecular complexity index is 169. The van der Waals surface area contributed by atoms with E-state index in [9.17, 15) is 9.59 Å². The first-order valence-electron chi connectivity index (χ1n) is 3.51. The van der Waals surface area contributed by atoms with Gasteiger partial charge in [0.25, 0.3) is 0 Å². The van der Waals surface area contributed by atoms with Crippen LogP contribution in [0.25, 0.3) is 0 Å². The van der Waals surface area contributed by atoms with E-state index in [0.717, 1.165) is 0 Å². The number of aliphatic hydroxyl groups is 1. The first kappa shape index (κ1) is 11.1. The van der Waals surface area contributed by atoms with Crippen molar-refractivity contribution in [2.45, 2.75) is 18.6 Å². The van der Waals surface area contributed by atoms with Crippen molar-refractivity contribution in [2.24, 2.45) is 0 Å². The fourth-order valence-corrected chi connectivity index (χ4v) is 0.817. The summed E-state index contributed by atoms with van der Waals surface area (Å²) in [6, 6.07) is -0.815. The molecule has 0 aromatic rings. The van der Waals surface area contributed by atoms with Gasteiger partial charge in [0.1, 0.15) is 18.4 Å². The van der Waals surface area contributed by atoms with Crippen LogP contribution in [-0.2, 0) is 9.59 Å². The molecule has 12 heavy (non-hydrogen) atoms. The zero-order valence-electron chi connectivity index (χ0n) is 7.10. The van der Waals surface area contributed by atoms with Crippen molar-refractivity contribution < 1.29 is 19.8 Å². The number of carboxylic acids is 1. The molecule has 0 saturated carbocycles. The molecule has 2 atom stereocenters. The molecule has 0 amide bonds. The van der Waals surface area contributed by atoms with Crippen LogP contribution in [0.3, 0.4) is 0 Å². The highest BCUT2D eigenvalue weighted by molar-refractivity contribution is 5.74. The van der Waals surface area contributed by atoms with Crippen LogP contribution in [0.5, 0.6) is 0 Å². The van der Waals surface area contributed by atoms with Crippen molar-refractivity contribution in [2.75, 3.05) is 14.1 Å². The van der Waals surface area contributed by atoms with E-state index in [2.05, 4.69) is 0 Å². The second kappa shape index (κ2) is 4.84. The first-order chi connectivity index (χ1) is 5.49. The second-order valence-corrected chi connectivity index (χ2v) is 2.76. The van der Waals surface area contributed by atoms with Crippen LogP contribution in [0.4, 0.5) is 0 Å². The van der Waals surface area contributed by atoms with Gasteiger partial charge in [-0.25, -0.2) is 0 Å². The van der Waals surface area contributed by atoms with E-state index in [-0.39, 0.29) is 6.42 Å². The molecule has 0 aliphatic carbocycles. The van der Waals surface area contributed by atoms with Crippen LogP contribution >= 0.6 is 0 Å². The molecular weight excluding hydrogens is 162 g/mol. The van der Waals surface area contributed by atoms with Crippen molar-refractivity contribution in [3.05, 3.63) is 0 Å². The van der Waals surface area contributed by atoms with Gasteiger partial charge in [-0.15, -0.1) is 0 Å². The van der Waals surface area contributed by atoms with Crippen LogP contribution < -0.4 is 0 Å². The molecular formula is C7H13NO4. The summed E-state index contributed by atoms with van der Waals surface area (Å²) in [4.78, 5) is 22.0. The van der Waals surface area contributed by atoms with E-state index in [1.165, 1.54) is 4.90 Å². The predicted octanol–water partition coefficient (Wildman–Crippen LogP) is -1.05. The maximum absolute atomic E-state index is 10.5. The predicted molar refractivity (Wildman–Crippen MR) is 41.8 cm³/mol. The third-order valence-corrected chi connectivity index (χ3v) is 1.53. The number of rotatable bonds is 5. The van der Waals surface area contributed by atoms with Gasteiger partial charge in [0.2, 0.25) is 0 Å². The molecule has 0 aliphatic heterocycles. The summed E-state index contributed by atoms with van der Waals surface area (Å²) >= 11 is 0. The molecule has 0 bridgehead atoms. The van der Waals surface area contributed by atoms with E-state index in [4.69, 9.17) is 10.2 Å². The van der Waals surface area contributed by atoms with Crippen molar-refractivity contribution in [1.29, 1.82) is 0 Å². The molecule has 0 fully saturated rings. The number of aldehydes is 1. The minimum atomic E-state index is -1.20. The fourth-order valence-electron chi connectivity index (χ4n) is 0.817. The molecule has 0 radical (unpaired) electrons. The number of nitrogens with zero attached hydrogens (tertiary/aromatic N) is 1. The van der Waals surface area contributed by atoms with Crippen LogP contribution in [0.1, 0.15) is 6.42 Å². The Hall–Kier alpha value is -0.940. The quantitative estimate of drug-likeness (QED) is 0.521. The van der Waals surface area contributed by atoms with Crippen molar-refractivity contribution in [3.63, 3.8) is 0 Å². The first-order valence-corrected chi connectivity index (χ1v) is 3.51. The molecule has 2 N–H and O–H groups in total. The van der Waals surface area contributed by atoms with Gasteiger partial charge in [0.15, 0.2) is 0 Å². The van der Waals surface area contributed by atoms with Gasteiger partial charge in [-0.2, -0.15) is 0 Å². The third kappa shape index (κ3) is 3.45. The Morgan fingerprint density at radius 3 is 2.33 bits per heavy atom. The summed E-state index contributed by atoms with van der Waals surface area (Å²) in [6.07, 6.45) is -0.945. The molecule has 0 heterocycles. The molecule has 0 aromatic carbocycles. The van der Waals surface area contributed by atoms with Crippen LogP contribution in [0, 0.1) is 0 Å². The second-order valence-electron chi connectivity index (χ2n) is 2.76. The smallest absolute Gasteiger partial charge is 0.321 e. The molecule has 0 aliphatic rings. The van der Waals surface area contributed by atoms with Gasteiger partial charge >= 0.3 is 5.97 Å². The highest BCUT2D eigenvalue weighted by Crippen LogP contribution is 2.02. The maximum Gasteiger partial charge on any atom is 0.321 e. The molecule has 5 heteroatoms. The Balaban J connectivity index is 4.13. The van der Waals surface area contributed by atoms with Crippen molar-refractivity contribution in [3.8, 4) is 0 Å². The number of aliphatic hydroxyl groups excluding tert-OH is 1. The number of carbonyl (C=O) groups is 2. The summed E-state index contributed by atoms with van der Waals surface area (Å²) < 4.78 is 0. The molecule has 0 saturated heterocycles. The number of hydrogen-bond acceptors (Lipinski definition) is 4. The van der Waals surface area contributed by atoms with Crippen molar-refractivity contribution in [1.82, 2.24) is 4.90 Å². The molecule has 2 unspecified atom stereocenters. The lowest BCUT2D eigenvalue weighted by atomic mass is 10.1. The zero-order valence-corrected chi connectivity index (χ0v) is 7.10. The normalized spacial score (nSPS) is 15.7. The van der Waals surface area contributed by atoms with Crippen LogP contribution in [-0.4, -0.2) is 53.6 Å². The monoisotopic (exact) mass is 175 g/mol. The zero-order chi connectivity index (χ0) is 9.72. The molecule has 0 spiro atoms. The lowest BCUT2D eigenvalue weighted by Gasteiger charge is -2.20. The Morgan fingerprint density at radius 2 is 2.08 bits per heavy atom. The van der Waals surface area contributed by atoms with E-state index in [1.54, 1.807) is 14.1 Å². The number of carbonyl (C=O) groups excluding carboxylic acids is 1. The molecule has 0 rings (SSSR count). The summed E-state index contributed by atoms with van der Waals surface area (Å²) in [7, 11) is 3.16. The topological polar surface area (TPSA) is 77.8 Å². The SMILES string of the molecule is CN(C)C(CC(O)C=O)C(=O)O. The standard InChI is InChI=1S/C7H13NO4/c1-8(2)6(7(11)12)3-5(10)4-9/h4-6,10H,3H2,1-2H3,(H,11,12). The minimum absolute atomic E-state index is 0.0775. The van der Waals surface area contributed by atoms with E-state index < -0.39 is 18.1 Å². The number of hydrogen-bond donors (Lipinski definition) is 2. The van der Waals surface area contributed by atoms with Gasteiger partial charge in [0.05, 0.1) is 0 Å². The average Bonchev–Trinajstić information content (AvgIpc) is 1.98. The van der Waals surface area contributed by atoms with Gasteiger partial charge in [-0.05, 0) is 14.1 Å². The van der Waals surface area contributed by atoms with Crippen molar-refractivity contribution >= 4 is 12.3 Å². The summed E-state index contributed by atoms with van der Waals surface area (Å²) in [6.45, 7) is 0. The third-order valence-electron chi connectivity index (χ3n) is 1.53. The largest absolute Gasteiger partial charge is 0.480 e. The maximum atomic E-state index is 10.5. The van der Waals surface area contributed by atoms with E-state index in [1.807, 2.05) is 0 Å². The molecule has 70 valence electrons.